The van der Waals surface area contributed by atoms with Gasteiger partial charge in [0.2, 0.25) is 5.91 Å². The summed E-state index contributed by atoms with van der Waals surface area (Å²) >= 11 is 0. The van der Waals surface area contributed by atoms with Crippen molar-refractivity contribution < 1.29 is 18.0 Å². The number of anilines is 1. The first-order valence-electron chi connectivity index (χ1n) is 11.9. The number of carbonyl (C=O) groups is 1. The van der Waals surface area contributed by atoms with Gasteiger partial charge in [-0.15, -0.1) is 15.3 Å². The van der Waals surface area contributed by atoms with Crippen LogP contribution in [0.5, 0.6) is 0 Å². The number of amides is 1. The summed E-state index contributed by atoms with van der Waals surface area (Å²) in [4.78, 5) is 19.4. The highest BCUT2D eigenvalue weighted by Gasteiger charge is 2.38. The zero-order chi connectivity index (χ0) is 24.6. The molecule has 0 unspecified atom stereocenters. The molecule has 2 fully saturated rings. The molecular weight excluding hydrogens is 459 g/mol. The standard InChI is InChI=1S/C24H28F3N7O/c1-17-3-2-4-18(15-17)16-31-11-13-33(14-12-31)22(35)19-7-9-32(10-8-19)21-6-5-20-28-29-23(24(25,26)27)34(20)30-21/h2-6,15,19H,7-14,16H2,1H3. The van der Waals surface area contributed by atoms with E-state index in [9.17, 15) is 18.0 Å². The molecule has 1 aromatic carbocycles. The van der Waals surface area contributed by atoms with Gasteiger partial charge in [0.1, 0.15) is 5.82 Å². The van der Waals surface area contributed by atoms with Crippen LogP contribution in [0.2, 0.25) is 0 Å². The fraction of sp³-hybridized carbons (Fsp3) is 0.500. The predicted octanol–water partition coefficient (Wildman–Crippen LogP) is 3.01. The van der Waals surface area contributed by atoms with Gasteiger partial charge in [-0.1, -0.05) is 29.8 Å². The number of alkyl halides is 3. The highest BCUT2D eigenvalue weighted by atomic mass is 19.4. The Morgan fingerprint density at radius 1 is 1.00 bits per heavy atom. The summed E-state index contributed by atoms with van der Waals surface area (Å²) in [6, 6.07) is 11.6. The molecule has 4 heterocycles. The van der Waals surface area contributed by atoms with Crippen LogP contribution in [-0.4, -0.2) is 74.8 Å². The number of rotatable bonds is 4. The molecule has 35 heavy (non-hydrogen) atoms. The maximum absolute atomic E-state index is 13.2. The van der Waals surface area contributed by atoms with E-state index in [1.807, 2.05) is 9.80 Å². The second-order valence-corrected chi connectivity index (χ2v) is 9.33. The number of hydrogen-bond donors (Lipinski definition) is 0. The van der Waals surface area contributed by atoms with Gasteiger partial charge >= 0.3 is 6.18 Å². The van der Waals surface area contributed by atoms with Gasteiger partial charge in [-0.05, 0) is 37.5 Å². The Balaban J connectivity index is 1.15. The molecule has 1 amide bonds. The Morgan fingerprint density at radius 2 is 1.74 bits per heavy atom. The topological polar surface area (TPSA) is 69.9 Å². The van der Waals surface area contributed by atoms with Crippen molar-refractivity contribution in [3.05, 3.63) is 53.3 Å². The number of aryl methyl sites for hydroxylation is 1. The maximum atomic E-state index is 13.2. The molecule has 8 nitrogen and oxygen atoms in total. The summed E-state index contributed by atoms with van der Waals surface area (Å²) < 4.78 is 40.2. The Labute approximate surface area is 201 Å². The molecule has 2 aromatic heterocycles. The van der Waals surface area contributed by atoms with Gasteiger partial charge in [0.15, 0.2) is 5.65 Å². The number of piperidine rings is 1. The van der Waals surface area contributed by atoms with Crippen LogP contribution in [0, 0.1) is 12.8 Å². The van der Waals surface area contributed by atoms with Crippen molar-refractivity contribution >= 4 is 17.4 Å². The molecule has 0 aliphatic carbocycles. The van der Waals surface area contributed by atoms with Crippen LogP contribution in [0.1, 0.15) is 29.8 Å². The van der Waals surface area contributed by atoms with Crippen LogP contribution in [0.4, 0.5) is 19.0 Å². The monoisotopic (exact) mass is 487 g/mol. The quantitative estimate of drug-likeness (QED) is 0.564. The third-order valence-electron chi connectivity index (χ3n) is 6.84. The Bertz CT molecular complexity index is 1200. The summed E-state index contributed by atoms with van der Waals surface area (Å²) in [5, 5.41) is 10.9. The number of benzene rings is 1. The van der Waals surface area contributed by atoms with Gasteiger partial charge in [0.05, 0.1) is 0 Å². The maximum Gasteiger partial charge on any atom is 0.453 e. The first kappa shape index (κ1) is 23.5. The molecule has 0 spiro atoms. The van der Waals surface area contributed by atoms with Crippen molar-refractivity contribution in [3.8, 4) is 0 Å². The SMILES string of the molecule is Cc1cccc(CN2CCN(C(=O)C3CCN(c4ccc5nnc(C(F)(F)F)n5n4)CC3)CC2)c1. The van der Waals surface area contributed by atoms with E-state index >= 15 is 0 Å². The lowest BCUT2D eigenvalue weighted by atomic mass is 9.95. The molecule has 0 atom stereocenters. The first-order valence-corrected chi connectivity index (χ1v) is 11.9. The average Bonchev–Trinajstić information content (AvgIpc) is 3.28. The number of aromatic nitrogens is 4. The lowest BCUT2D eigenvalue weighted by Crippen LogP contribution is -2.51. The number of hydrogen-bond acceptors (Lipinski definition) is 6. The van der Waals surface area contributed by atoms with Gasteiger partial charge in [0.25, 0.3) is 5.82 Å². The van der Waals surface area contributed by atoms with Crippen molar-refractivity contribution in [2.45, 2.75) is 32.5 Å². The zero-order valence-electron chi connectivity index (χ0n) is 19.6. The van der Waals surface area contributed by atoms with Gasteiger partial charge < -0.3 is 9.80 Å². The lowest BCUT2D eigenvalue weighted by molar-refractivity contribution is -0.146. The Morgan fingerprint density at radius 3 is 2.43 bits per heavy atom. The van der Waals surface area contributed by atoms with Crippen molar-refractivity contribution in [1.82, 2.24) is 29.6 Å². The second kappa shape index (κ2) is 9.44. The summed E-state index contributed by atoms with van der Waals surface area (Å²) in [6.07, 6.45) is -3.33. The minimum absolute atomic E-state index is 0.0488. The van der Waals surface area contributed by atoms with Gasteiger partial charge in [0, 0.05) is 51.7 Å². The third kappa shape index (κ3) is 5.09. The summed E-state index contributed by atoms with van der Waals surface area (Å²) in [5.74, 6) is -0.597. The Kier molecular flexibility index (Phi) is 6.35. The second-order valence-electron chi connectivity index (χ2n) is 9.33. The van der Waals surface area contributed by atoms with E-state index < -0.39 is 12.0 Å². The molecule has 3 aromatic rings. The van der Waals surface area contributed by atoms with Gasteiger partial charge in [-0.3, -0.25) is 9.69 Å². The number of nitrogens with zero attached hydrogens (tertiary/aromatic N) is 7. The number of fused-ring (bicyclic) bond motifs is 1. The van der Waals surface area contributed by atoms with Crippen LogP contribution in [0.25, 0.3) is 5.65 Å². The van der Waals surface area contributed by atoms with Crippen molar-refractivity contribution in [2.75, 3.05) is 44.2 Å². The van der Waals surface area contributed by atoms with E-state index in [4.69, 9.17) is 0 Å². The minimum Gasteiger partial charge on any atom is -0.355 e. The van der Waals surface area contributed by atoms with Crippen molar-refractivity contribution in [3.63, 3.8) is 0 Å². The molecule has 0 radical (unpaired) electrons. The van der Waals surface area contributed by atoms with Gasteiger partial charge in [-0.2, -0.15) is 17.7 Å². The average molecular weight is 488 g/mol. The highest BCUT2D eigenvalue weighted by Crippen LogP contribution is 2.29. The smallest absolute Gasteiger partial charge is 0.355 e. The van der Waals surface area contributed by atoms with Crippen molar-refractivity contribution in [2.24, 2.45) is 5.92 Å². The molecule has 0 bridgehead atoms. The van der Waals surface area contributed by atoms with Crippen LogP contribution in [-0.2, 0) is 17.5 Å². The predicted molar refractivity (Wildman–Crippen MR) is 124 cm³/mol. The van der Waals surface area contributed by atoms with Crippen LogP contribution in [0.15, 0.2) is 36.4 Å². The molecule has 2 aliphatic rings. The van der Waals surface area contributed by atoms with Crippen molar-refractivity contribution in [1.29, 1.82) is 0 Å². The van der Waals surface area contributed by atoms with Gasteiger partial charge in [-0.25, -0.2) is 0 Å². The molecule has 0 saturated carbocycles. The minimum atomic E-state index is -4.63. The van der Waals surface area contributed by atoms with E-state index in [1.165, 1.54) is 17.2 Å². The van der Waals surface area contributed by atoms with Crippen LogP contribution in [0.3, 0.4) is 0 Å². The van der Waals surface area contributed by atoms with E-state index in [0.29, 0.717) is 31.7 Å². The number of halogens is 3. The molecule has 2 saturated heterocycles. The largest absolute Gasteiger partial charge is 0.453 e. The van der Waals surface area contributed by atoms with E-state index in [0.717, 1.165) is 37.2 Å². The van der Waals surface area contributed by atoms with Crippen LogP contribution >= 0.6 is 0 Å². The number of carbonyl (C=O) groups excluding carboxylic acids is 1. The Hall–Kier alpha value is -3.21. The number of piperazine rings is 1. The highest BCUT2D eigenvalue weighted by molar-refractivity contribution is 5.79. The first-order chi connectivity index (χ1) is 16.8. The molecule has 11 heteroatoms. The normalized spacial score (nSPS) is 18.4. The van der Waals surface area contributed by atoms with Crippen LogP contribution < -0.4 is 4.90 Å². The van der Waals surface area contributed by atoms with E-state index in [2.05, 4.69) is 51.4 Å². The fourth-order valence-corrected chi connectivity index (χ4v) is 4.93. The van der Waals surface area contributed by atoms with E-state index in [-0.39, 0.29) is 17.5 Å². The van der Waals surface area contributed by atoms with E-state index in [1.54, 1.807) is 6.07 Å². The zero-order valence-corrected chi connectivity index (χ0v) is 19.6. The molecule has 5 rings (SSSR count). The third-order valence-corrected chi connectivity index (χ3v) is 6.84. The summed E-state index contributed by atoms with van der Waals surface area (Å²) in [7, 11) is 0. The molecule has 0 N–H and O–H groups in total. The molecule has 186 valence electrons. The fourth-order valence-electron chi connectivity index (χ4n) is 4.93. The molecular formula is C24H28F3N7O. The lowest BCUT2D eigenvalue weighted by Gasteiger charge is -2.38. The molecule has 2 aliphatic heterocycles. The summed E-state index contributed by atoms with van der Waals surface area (Å²) in [5.41, 5.74) is 2.59. The summed E-state index contributed by atoms with van der Waals surface area (Å²) in [6.45, 7) is 7.24.